The van der Waals surface area contributed by atoms with E-state index in [2.05, 4.69) is 54.7 Å². The largest absolute Gasteiger partial charge is 0.385 e. The molecule has 3 heteroatoms. The molecule has 1 heterocycles. The van der Waals surface area contributed by atoms with Gasteiger partial charge in [-0.05, 0) is 60.2 Å². The van der Waals surface area contributed by atoms with Gasteiger partial charge in [0, 0.05) is 31.4 Å². The molecule has 0 saturated carbocycles. The van der Waals surface area contributed by atoms with Crippen molar-refractivity contribution >= 4 is 17.3 Å². The first kappa shape index (κ1) is 16.6. The second-order valence-electron chi connectivity index (χ2n) is 6.48. The maximum Gasteiger partial charge on any atom is 0.223 e. The summed E-state index contributed by atoms with van der Waals surface area (Å²) >= 11 is 0. The third-order valence-corrected chi connectivity index (χ3v) is 4.63. The van der Waals surface area contributed by atoms with E-state index in [4.69, 9.17) is 0 Å². The summed E-state index contributed by atoms with van der Waals surface area (Å²) in [5.74, 6) is 0.130. The van der Waals surface area contributed by atoms with Crippen molar-refractivity contribution in [3.8, 4) is 11.1 Å². The fraction of sp³-hybridized carbons (Fsp3) is 0.381. The first-order chi connectivity index (χ1) is 11.7. The molecule has 1 aliphatic heterocycles. The van der Waals surface area contributed by atoms with Gasteiger partial charge in [-0.25, -0.2) is 0 Å². The van der Waals surface area contributed by atoms with E-state index in [1.807, 2.05) is 4.90 Å². The number of aryl methyl sites for hydroxylation is 1. The second-order valence-corrected chi connectivity index (χ2v) is 6.48. The normalized spacial score (nSPS) is 13.5. The van der Waals surface area contributed by atoms with Crippen LogP contribution >= 0.6 is 0 Å². The predicted octanol–water partition coefficient (Wildman–Crippen LogP) is 4.86. The van der Waals surface area contributed by atoms with Crippen molar-refractivity contribution in [2.45, 2.75) is 39.5 Å². The zero-order chi connectivity index (χ0) is 16.9. The van der Waals surface area contributed by atoms with Gasteiger partial charge < -0.3 is 10.2 Å². The highest BCUT2D eigenvalue weighted by Gasteiger charge is 2.20. The Morgan fingerprint density at radius 2 is 2.00 bits per heavy atom. The third-order valence-electron chi connectivity index (χ3n) is 4.63. The number of unbranched alkanes of at least 4 members (excludes halogenated alkanes) is 1. The molecule has 1 N–H and O–H groups in total. The molecular formula is C21H26N2O. The molecule has 0 atom stereocenters. The quantitative estimate of drug-likeness (QED) is 0.797. The van der Waals surface area contributed by atoms with Crippen LogP contribution in [-0.4, -0.2) is 19.0 Å². The number of carbonyl (C=O) groups is 1. The summed E-state index contributed by atoms with van der Waals surface area (Å²) in [4.78, 5) is 13.7. The zero-order valence-corrected chi connectivity index (χ0v) is 14.6. The van der Waals surface area contributed by atoms with E-state index in [1.54, 1.807) is 6.92 Å². The number of hydrogen-bond acceptors (Lipinski definition) is 2. The van der Waals surface area contributed by atoms with Crippen LogP contribution < -0.4 is 10.2 Å². The molecular weight excluding hydrogens is 296 g/mol. The standard InChI is InChI=1S/C21H26N2O/c1-3-4-12-22-20-9-5-7-17(15-20)18-10-11-21-19(14-18)8-6-13-23(21)16(2)24/h5,7,9-11,14-15,22H,3-4,6,8,12-13H2,1-2H3. The van der Waals surface area contributed by atoms with Crippen LogP contribution in [-0.2, 0) is 11.2 Å². The Hall–Kier alpha value is -2.29. The number of anilines is 2. The van der Waals surface area contributed by atoms with Crippen LogP contribution in [0, 0.1) is 0 Å². The lowest BCUT2D eigenvalue weighted by Gasteiger charge is -2.29. The zero-order valence-electron chi connectivity index (χ0n) is 14.6. The molecule has 2 aromatic carbocycles. The molecule has 126 valence electrons. The average Bonchev–Trinajstić information content (AvgIpc) is 2.61. The van der Waals surface area contributed by atoms with Crippen LogP contribution in [0.2, 0.25) is 0 Å². The van der Waals surface area contributed by atoms with Crippen molar-refractivity contribution in [1.82, 2.24) is 0 Å². The van der Waals surface area contributed by atoms with Crippen molar-refractivity contribution in [3.05, 3.63) is 48.0 Å². The topological polar surface area (TPSA) is 32.3 Å². The highest BCUT2D eigenvalue weighted by Crippen LogP contribution is 2.32. The van der Waals surface area contributed by atoms with Gasteiger partial charge in [-0.2, -0.15) is 0 Å². The second kappa shape index (κ2) is 7.52. The molecule has 0 aliphatic carbocycles. The Balaban J connectivity index is 1.85. The molecule has 1 amide bonds. The number of nitrogens with zero attached hydrogens (tertiary/aromatic N) is 1. The first-order valence-corrected chi connectivity index (χ1v) is 8.94. The minimum atomic E-state index is 0.130. The summed E-state index contributed by atoms with van der Waals surface area (Å²) in [6.07, 6.45) is 4.46. The van der Waals surface area contributed by atoms with Crippen molar-refractivity contribution in [2.75, 3.05) is 23.3 Å². The summed E-state index contributed by atoms with van der Waals surface area (Å²) in [5.41, 5.74) is 5.97. The Kier molecular flexibility index (Phi) is 5.19. The smallest absolute Gasteiger partial charge is 0.223 e. The van der Waals surface area contributed by atoms with E-state index >= 15 is 0 Å². The van der Waals surface area contributed by atoms with Crippen LogP contribution in [0.5, 0.6) is 0 Å². The highest BCUT2D eigenvalue weighted by atomic mass is 16.2. The molecule has 24 heavy (non-hydrogen) atoms. The van der Waals surface area contributed by atoms with Crippen LogP contribution in [0.15, 0.2) is 42.5 Å². The number of benzene rings is 2. The third kappa shape index (κ3) is 3.61. The van der Waals surface area contributed by atoms with Crippen LogP contribution in [0.4, 0.5) is 11.4 Å². The van der Waals surface area contributed by atoms with E-state index in [0.29, 0.717) is 0 Å². The van der Waals surface area contributed by atoms with Crippen molar-refractivity contribution in [3.63, 3.8) is 0 Å². The lowest BCUT2D eigenvalue weighted by molar-refractivity contribution is -0.116. The minimum Gasteiger partial charge on any atom is -0.385 e. The van der Waals surface area contributed by atoms with E-state index < -0.39 is 0 Å². The summed E-state index contributed by atoms with van der Waals surface area (Å²) in [7, 11) is 0. The van der Waals surface area contributed by atoms with Crippen molar-refractivity contribution in [2.24, 2.45) is 0 Å². The Morgan fingerprint density at radius 3 is 2.79 bits per heavy atom. The summed E-state index contributed by atoms with van der Waals surface area (Å²) in [6, 6.07) is 15.1. The molecule has 0 bridgehead atoms. The molecule has 3 rings (SSSR count). The van der Waals surface area contributed by atoms with Crippen molar-refractivity contribution < 1.29 is 4.79 Å². The van der Waals surface area contributed by atoms with E-state index in [-0.39, 0.29) is 5.91 Å². The maximum absolute atomic E-state index is 11.8. The number of fused-ring (bicyclic) bond motifs is 1. The van der Waals surface area contributed by atoms with E-state index in [9.17, 15) is 4.79 Å². The maximum atomic E-state index is 11.8. The van der Waals surface area contributed by atoms with Gasteiger partial charge in [-0.1, -0.05) is 31.5 Å². The van der Waals surface area contributed by atoms with Gasteiger partial charge in [0.2, 0.25) is 5.91 Å². The van der Waals surface area contributed by atoms with Gasteiger partial charge in [-0.15, -0.1) is 0 Å². The minimum absolute atomic E-state index is 0.130. The molecule has 0 radical (unpaired) electrons. The SMILES string of the molecule is CCCCNc1cccc(-c2ccc3c(c2)CCCN3C(C)=O)c1. The molecule has 0 unspecified atom stereocenters. The number of rotatable bonds is 5. The van der Waals surface area contributed by atoms with Gasteiger partial charge in [-0.3, -0.25) is 4.79 Å². The molecule has 0 fully saturated rings. The molecule has 0 aromatic heterocycles. The number of hydrogen-bond donors (Lipinski definition) is 1. The van der Waals surface area contributed by atoms with Gasteiger partial charge in [0.1, 0.15) is 0 Å². The van der Waals surface area contributed by atoms with Crippen LogP contribution in [0.1, 0.15) is 38.7 Å². The predicted molar refractivity (Wildman–Crippen MR) is 102 cm³/mol. The molecule has 1 aliphatic rings. The van der Waals surface area contributed by atoms with Gasteiger partial charge in [0.05, 0.1) is 0 Å². The molecule has 3 nitrogen and oxygen atoms in total. The van der Waals surface area contributed by atoms with E-state index in [0.717, 1.165) is 31.6 Å². The lowest BCUT2D eigenvalue weighted by Crippen LogP contribution is -2.33. The van der Waals surface area contributed by atoms with Gasteiger partial charge >= 0.3 is 0 Å². The molecule has 0 saturated heterocycles. The number of carbonyl (C=O) groups excluding carboxylic acids is 1. The first-order valence-electron chi connectivity index (χ1n) is 8.94. The monoisotopic (exact) mass is 322 g/mol. The van der Waals surface area contributed by atoms with E-state index in [1.165, 1.54) is 35.2 Å². The van der Waals surface area contributed by atoms with Gasteiger partial charge in [0.25, 0.3) is 0 Å². The summed E-state index contributed by atoms with van der Waals surface area (Å²) < 4.78 is 0. The Labute approximate surface area is 144 Å². The van der Waals surface area contributed by atoms with Gasteiger partial charge in [0.15, 0.2) is 0 Å². The Bertz CT molecular complexity index is 724. The average molecular weight is 322 g/mol. The van der Waals surface area contributed by atoms with Crippen LogP contribution in [0.25, 0.3) is 11.1 Å². The van der Waals surface area contributed by atoms with Crippen LogP contribution in [0.3, 0.4) is 0 Å². The Morgan fingerprint density at radius 1 is 1.17 bits per heavy atom. The van der Waals surface area contributed by atoms with Crippen molar-refractivity contribution in [1.29, 1.82) is 0 Å². The molecule has 2 aromatic rings. The summed E-state index contributed by atoms with van der Waals surface area (Å²) in [5, 5.41) is 3.49. The molecule has 0 spiro atoms. The fourth-order valence-electron chi connectivity index (χ4n) is 3.32. The highest BCUT2D eigenvalue weighted by molar-refractivity contribution is 5.93. The summed E-state index contributed by atoms with van der Waals surface area (Å²) in [6.45, 7) is 5.69. The lowest BCUT2D eigenvalue weighted by atomic mass is 9.96. The number of amides is 1. The fourth-order valence-corrected chi connectivity index (χ4v) is 3.32. The number of nitrogens with one attached hydrogen (secondary N) is 1.